The second-order valence-corrected chi connectivity index (χ2v) is 7.95. The molecular weight excluding hydrogens is 433 g/mol. The van der Waals surface area contributed by atoms with E-state index in [0.717, 1.165) is 6.07 Å². The number of carbonyl (C=O) groups is 1. The van der Waals surface area contributed by atoms with Gasteiger partial charge in [-0.2, -0.15) is 13.2 Å². The van der Waals surface area contributed by atoms with Crippen molar-refractivity contribution in [2.75, 3.05) is 32.8 Å². The second kappa shape index (κ2) is 8.67. The van der Waals surface area contributed by atoms with Crippen molar-refractivity contribution in [2.24, 2.45) is 0 Å². The van der Waals surface area contributed by atoms with Gasteiger partial charge in [-0.1, -0.05) is 12.1 Å². The van der Waals surface area contributed by atoms with Crippen LogP contribution in [0.15, 0.2) is 46.7 Å². The number of carbonyl (C=O) groups excluding carboxylic acids is 1. The van der Waals surface area contributed by atoms with E-state index in [2.05, 4.69) is 9.88 Å². The van der Waals surface area contributed by atoms with Gasteiger partial charge in [0.25, 0.3) is 11.5 Å². The summed E-state index contributed by atoms with van der Waals surface area (Å²) in [5, 5.41) is 1.80. The van der Waals surface area contributed by atoms with E-state index >= 15 is 0 Å². The quantitative estimate of drug-likeness (QED) is 0.595. The zero-order chi connectivity index (χ0) is 22.0. The molecule has 1 aliphatic heterocycles. The average molecular weight is 452 g/mol. The molecule has 11 heteroatoms. The van der Waals surface area contributed by atoms with Gasteiger partial charge in [0.1, 0.15) is 5.75 Å². The van der Waals surface area contributed by atoms with Gasteiger partial charge in [-0.3, -0.25) is 18.9 Å². The minimum Gasteiger partial charge on any atom is -0.483 e. The first-order valence-electron chi connectivity index (χ1n) is 9.56. The summed E-state index contributed by atoms with van der Waals surface area (Å²) in [6, 6.07) is 6.33. The van der Waals surface area contributed by atoms with Gasteiger partial charge >= 0.3 is 6.18 Å². The highest BCUT2D eigenvalue weighted by Crippen LogP contribution is 2.35. The molecule has 0 atom stereocenters. The predicted molar refractivity (Wildman–Crippen MR) is 108 cm³/mol. The van der Waals surface area contributed by atoms with E-state index < -0.39 is 18.3 Å². The molecule has 0 N–H and O–H groups in total. The third-order valence-electron chi connectivity index (χ3n) is 5.01. The van der Waals surface area contributed by atoms with E-state index in [1.165, 1.54) is 40.0 Å². The number of thiazole rings is 1. The standard InChI is InChI=1S/C20H19F3N4O3S/c21-20(22,23)15-3-1-2-4-16(15)30-13-18(29)26-7-5-25(6-8-26)12-14-11-17(28)27-9-10-31-19(27)24-14/h1-4,9-11H,5-8,12-13H2. The number of fused-ring (bicyclic) bond motifs is 1. The van der Waals surface area contributed by atoms with Crippen molar-refractivity contribution in [3.63, 3.8) is 0 Å². The lowest BCUT2D eigenvalue weighted by molar-refractivity contribution is -0.141. The monoisotopic (exact) mass is 452 g/mol. The summed E-state index contributed by atoms with van der Waals surface area (Å²) in [7, 11) is 0. The van der Waals surface area contributed by atoms with E-state index in [9.17, 15) is 22.8 Å². The molecule has 31 heavy (non-hydrogen) atoms. The maximum atomic E-state index is 13.0. The Kier molecular flexibility index (Phi) is 5.96. The molecule has 1 amide bonds. The molecule has 0 radical (unpaired) electrons. The first kappa shape index (κ1) is 21.3. The lowest BCUT2D eigenvalue weighted by atomic mass is 10.2. The van der Waals surface area contributed by atoms with Crippen LogP contribution in [-0.4, -0.2) is 57.9 Å². The van der Waals surface area contributed by atoms with E-state index in [1.807, 2.05) is 0 Å². The summed E-state index contributed by atoms with van der Waals surface area (Å²) in [5.74, 6) is -0.726. The third-order valence-corrected chi connectivity index (χ3v) is 5.77. The number of rotatable bonds is 5. The minimum atomic E-state index is -4.55. The number of nitrogens with zero attached hydrogens (tertiary/aromatic N) is 4. The van der Waals surface area contributed by atoms with Gasteiger partial charge in [0.2, 0.25) is 0 Å². The van der Waals surface area contributed by atoms with Crippen molar-refractivity contribution in [2.45, 2.75) is 12.7 Å². The Bertz CT molecular complexity index is 1140. The van der Waals surface area contributed by atoms with Gasteiger partial charge in [-0.25, -0.2) is 4.98 Å². The normalized spacial score (nSPS) is 15.4. The first-order valence-corrected chi connectivity index (χ1v) is 10.4. The van der Waals surface area contributed by atoms with Crippen LogP contribution in [0.4, 0.5) is 13.2 Å². The van der Waals surface area contributed by atoms with Crippen LogP contribution in [0.5, 0.6) is 5.75 Å². The van der Waals surface area contributed by atoms with Crippen LogP contribution in [0.25, 0.3) is 4.96 Å². The zero-order valence-electron chi connectivity index (χ0n) is 16.3. The van der Waals surface area contributed by atoms with Crippen LogP contribution in [0.2, 0.25) is 0 Å². The highest BCUT2D eigenvalue weighted by molar-refractivity contribution is 7.15. The molecule has 0 unspecified atom stereocenters. The molecule has 1 fully saturated rings. The van der Waals surface area contributed by atoms with Crippen molar-refractivity contribution >= 4 is 22.2 Å². The van der Waals surface area contributed by atoms with E-state index in [-0.39, 0.29) is 17.2 Å². The summed E-state index contributed by atoms with van der Waals surface area (Å²) >= 11 is 1.38. The summed E-state index contributed by atoms with van der Waals surface area (Å²) in [5.41, 5.74) is -0.371. The number of ether oxygens (including phenoxy) is 1. The number of hydrogen-bond acceptors (Lipinski definition) is 6. The maximum Gasteiger partial charge on any atom is 0.419 e. The average Bonchev–Trinajstić information content (AvgIpc) is 3.21. The van der Waals surface area contributed by atoms with Gasteiger partial charge < -0.3 is 9.64 Å². The van der Waals surface area contributed by atoms with Crippen LogP contribution in [0, 0.1) is 0 Å². The molecule has 1 saturated heterocycles. The summed E-state index contributed by atoms with van der Waals surface area (Å²) in [6.45, 7) is 2.00. The third kappa shape index (κ3) is 4.88. The first-order chi connectivity index (χ1) is 14.8. The smallest absolute Gasteiger partial charge is 0.419 e. The number of aromatic nitrogens is 2. The van der Waals surface area contributed by atoms with Gasteiger partial charge in [0.05, 0.1) is 11.3 Å². The zero-order valence-corrected chi connectivity index (χ0v) is 17.2. The Balaban J connectivity index is 1.30. The van der Waals surface area contributed by atoms with Crippen LogP contribution in [-0.2, 0) is 17.5 Å². The number of piperazine rings is 1. The topological polar surface area (TPSA) is 67.2 Å². The lowest BCUT2D eigenvalue weighted by Crippen LogP contribution is -2.49. The van der Waals surface area contributed by atoms with Crippen molar-refractivity contribution < 1.29 is 22.7 Å². The largest absolute Gasteiger partial charge is 0.483 e. The van der Waals surface area contributed by atoms with Crippen molar-refractivity contribution in [3.8, 4) is 5.75 Å². The molecule has 164 valence electrons. The molecule has 1 aliphatic rings. The van der Waals surface area contributed by atoms with Gasteiger partial charge in [-0.15, -0.1) is 11.3 Å². The Labute approximate surface area is 179 Å². The summed E-state index contributed by atoms with van der Waals surface area (Å²) in [4.78, 5) is 33.3. The molecule has 7 nitrogen and oxygen atoms in total. The number of benzene rings is 1. The van der Waals surface area contributed by atoms with E-state index in [4.69, 9.17) is 4.74 Å². The van der Waals surface area contributed by atoms with Gasteiger partial charge in [0.15, 0.2) is 11.6 Å². The van der Waals surface area contributed by atoms with Crippen LogP contribution in [0.1, 0.15) is 11.3 Å². The van der Waals surface area contributed by atoms with Crippen molar-refractivity contribution in [3.05, 3.63) is 63.5 Å². The number of hydrogen-bond donors (Lipinski definition) is 0. The Morgan fingerprint density at radius 2 is 1.90 bits per heavy atom. The highest BCUT2D eigenvalue weighted by atomic mass is 32.1. The Morgan fingerprint density at radius 3 is 2.65 bits per heavy atom. The molecule has 1 aromatic carbocycles. The summed E-state index contributed by atoms with van der Waals surface area (Å²) in [6.07, 6.45) is -2.87. The predicted octanol–water partition coefficient (Wildman–Crippen LogP) is 2.50. The molecule has 0 spiro atoms. The summed E-state index contributed by atoms with van der Waals surface area (Å²) < 4.78 is 45.8. The van der Waals surface area contributed by atoms with Crippen molar-refractivity contribution in [1.29, 1.82) is 0 Å². The van der Waals surface area contributed by atoms with Crippen LogP contribution < -0.4 is 10.3 Å². The van der Waals surface area contributed by atoms with Crippen LogP contribution in [0.3, 0.4) is 0 Å². The maximum absolute atomic E-state index is 13.0. The minimum absolute atomic E-state index is 0.133. The molecule has 0 aliphatic carbocycles. The SMILES string of the molecule is O=C(COc1ccccc1C(F)(F)F)N1CCN(Cc2cc(=O)n3ccsc3n2)CC1. The number of para-hydroxylation sites is 1. The highest BCUT2D eigenvalue weighted by Gasteiger charge is 2.34. The Hall–Kier alpha value is -2.92. The fourth-order valence-electron chi connectivity index (χ4n) is 3.41. The Morgan fingerprint density at radius 1 is 1.16 bits per heavy atom. The van der Waals surface area contributed by atoms with Crippen molar-refractivity contribution in [1.82, 2.24) is 19.2 Å². The van der Waals surface area contributed by atoms with E-state index in [0.29, 0.717) is 43.4 Å². The second-order valence-electron chi connectivity index (χ2n) is 7.08. The lowest BCUT2D eigenvalue weighted by Gasteiger charge is -2.34. The molecule has 3 aromatic rings. The van der Waals surface area contributed by atoms with Gasteiger partial charge in [-0.05, 0) is 12.1 Å². The van der Waals surface area contributed by atoms with Gasteiger partial charge in [0, 0.05) is 50.4 Å². The molecular formula is C20H19F3N4O3S. The van der Waals surface area contributed by atoms with Crippen LogP contribution >= 0.6 is 11.3 Å². The molecule has 4 rings (SSSR count). The number of alkyl halides is 3. The fourth-order valence-corrected chi connectivity index (χ4v) is 4.15. The van der Waals surface area contributed by atoms with E-state index in [1.54, 1.807) is 16.5 Å². The molecule has 2 aromatic heterocycles. The number of halogens is 3. The fraction of sp³-hybridized carbons (Fsp3) is 0.350. The molecule has 0 bridgehead atoms. The molecule has 0 saturated carbocycles. The number of amides is 1. The molecule has 3 heterocycles.